The third-order valence-electron chi connectivity index (χ3n) is 4.81. The number of aromatic nitrogens is 2. The van der Waals surface area contributed by atoms with Crippen LogP contribution in [0.2, 0.25) is 0 Å². The van der Waals surface area contributed by atoms with Crippen LogP contribution in [0.4, 0.5) is 0 Å². The number of rotatable bonds is 5. The number of oxazole rings is 1. The van der Waals surface area contributed by atoms with Crippen LogP contribution in [-0.2, 0) is 0 Å². The van der Waals surface area contributed by atoms with Gasteiger partial charge in [0.2, 0.25) is 5.89 Å². The molecule has 2 heterocycles. The van der Waals surface area contributed by atoms with Gasteiger partial charge in [-0.3, -0.25) is 9.78 Å². The number of carbonyl (C=O) groups is 1. The van der Waals surface area contributed by atoms with E-state index in [0.717, 1.165) is 16.8 Å². The molecule has 144 valence electrons. The highest BCUT2D eigenvalue weighted by molar-refractivity contribution is 5.94. The summed E-state index contributed by atoms with van der Waals surface area (Å²) in [6.45, 7) is 1.76. The molecular formula is C24H21N3O2. The Hall–Kier alpha value is -3.73. The molecule has 2 aromatic heterocycles. The first-order valence-corrected chi connectivity index (χ1v) is 9.41. The molecule has 1 atom stereocenters. The summed E-state index contributed by atoms with van der Waals surface area (Å²) in [6.07, 6.45) is 1.73. The Balaban J connectivity index is 1.71. The van der Waals surface area contributed by atoms with E-state index in [1.807, 2.05) is 78.9 Å². The van der Waals surface area contributed by atoms with Crippen molar-refractivity contribution in [1.82, 2.24) is 14.9 Å². The van der Waals surface area contributed by atoms with Crippen molar-refractivity contribution in [3.8, 4) is 11.5 Å². The maximum Gasteiger partial charge on any atom is 0.276 e. The second kappa shape index (κ2) is 8.10. The first kappa shape index (κ1) is 18.6. The molecule has 0 radical (unpaired) electrons. The fourth-order valence-electron chi connectivity index (χ4n) is 3.35. The topological polar surface area (TPSA) is 59.2 Å². The zero-order chi connectivity index (χ0) is 20.2. The summed E-state index contributed by atoms with van der Waals surface area (Å²) in [5.41, 5.74) is 2.91. The van der Waals surface area contributed by atoms with Gasteiger partial charge in [-0.2, -0.15) is 0 Å². The second-order valence-corrected chi connectivity index (χ2v) is 6.77. The molecule has 0 N–H and O–H groups in total. The lowest BCUT2D eigenvalue weighted by atomic mass is 10.0. The van der Waals surface area contributed by atoms with Crippen LogP contribution in [0.5, 0.6) is 0 Å². The number of hydrogen-bond acceptors (Lipinski definition) is 4. The largest absolute Gasteiger partial charge is 0.441 e. The molecule has 0 spiro atoms. The fourth-order valence-corrected chi connectivity index (χ4v) is 3.35. The number of benzene rings is 2. The number of carbonyl (C=O) groups excluding carboxylic acids is 1. The average molecular weight is 383 g/mol. The maximum atomic E-state index is 13.4. The lowest BCUT2D eigenvalue weighted by Gasteiger charge is -2.27. The molecule has 0 fully saturated rings. The first-order chi connectivity index (χ1) is 14.1. The summed E-state index contributed by atoms with van der Waals surface area (Å²) in [5.74, 6) is 0.718. The lowest BCUT2D eigenvalue weighted by Crippen LogP contribution is -2.33. The van der Waals surface area contributed by atoms with Gasteiger partial charge < -0.3 is 9.32 Å². The van der Waals surface area contributed by atoms with Crippen molar-refractivity contribution in [2.45, 2.75) is 13.0 Å². The molecule has 1 amide bonds. The SMILES string of the molecule is Cc1oc(-c2ccccc2)nc1C(=O)N(C)C(c1ccccc1)c1ccccn1. The Labute approximate surface area is 169 Å². The predicted molar refractivity (Wildman–Crippen MR) is 111 cm³/mol. The van der Waals surface area contributed by atoms with Gasteiger partial charge in [-0.25, -0.2) is 4.98 Å². The molecule has 29 heavy (non-hydrogen) atoms. The van der Waals surface area contributed by atoms with Crippen LogP contribution in [0, 0.1) is 6.92 Å². The maximum absolute atomic E-state index is 13.4. The Kier molecular flexibility index (Phi) is 5.20. The Bertz CT molecular complexity index is 1050. The molecule has 2 aromatic carbocycles. The van der Waals surface area contributed by atoms with Gasteiger partial charge in [0.1, 0.15) is 5.76 Å². The highest BCUT2D eigenvalue weighted by Gasteiger charge is 2.29. The molecule has 4 aromatic rings. The summed E-state index contributed by atoms with van der Waals surface area (Å²) < 4.78 is 5.79. The molecule has 5 heteroatoms. The Morgan fingerprint density at radius 1 is 0.931 bits per heavy atom. The summed E-state index contributed by atoms with van der Waals surface area (Å²) in [7, 11) is 1.77. The summed E-state index contributed by atoms with van der Waals surface area (Å²) in [4.78, 5) is 24.0. The van der Waals surface area contributed by atoms with E-state index in [9.17, 15) is 4.79 Å². The number of hydrogen-bond donors (Lipinski definition) is 0. The van der Waals surface area contributed by atoms with Crippen molar-refractivity contribution >= 4 is 5.91 Å². The van der Waals surface area contributed by atoms with Gasteiger partial charge in [0.15, 0.2) is 5.69 Å². The highest BCUT2D eigenvalue weighted by Crippen LogP contribution is 2.29. The van der Waals surface area contributed by atoms with Crippen LogP contribution < -0.4 is 0 Å². The smallest absolute Gasteiger partial charge is 0.276 e. The highest BCUT2D eigenvalue weighted by atomic mass is 16.4. The van der Waals surface area contributed by atoms with Crippen LogP contribution in [-0.4, -0.2) is 27.8 Å². The van der Waals surface area contributed by atoms with Gasteiger partial charge in [0.25, 0.3) is 5.91 Å². The van der Waals surface area contributed by atoms with Crippen LogP contribution >= 0.6 is 0 Å². The molecule has 5 nitrogen and oxygen atoms in total. The molecule has 4 rings (SSSR count). The van der Waals surface area contributed by atoms with Crippen LogP contribution in [0.3, 0.4) is 0 Å². The first-order valence-electron chi connectivity index (χ1n) is 9.41. The lowest BCUT2D eigenvalue weighted by molar-refractivity contribution is 0.0745. The van der Waals surface area contributed by atoms with E-state index in [0.29, 0.717) is 17.3 Å². The number of aryl methyl sites for hydroxylation is 1. The standard InChI is InChI=1S/C24H21N3O2/c1-17-21(26-23(29-17)19-13-7-4-8-14-19)24(28)27(2)22(18-11-5-3-6-12-18)20-15-9-10-16-25-20/h3-16,22H,1-2H3. The minimum Gasteiger partial charge on any atom is -0.441 e. The summed E-state index contributed by atoms with van der Waals surface area (Å²) in [5, 5.41) is 0. The minimum absolute atomic E-state index is 0.215. The second-order valence-electron chi connectivity index (χ2n) is 6.77. The van der Waals surface area contributed by atoms with Crippen LogP contribution in [0.1, 0.15) is 33.5 Å². The van der Waals surface area contributed by atoms with E-state index in [1.165, 1.54) is 0 Å². The quantitative estimate of drug-likeness (QED) is 0.491. The van der Waals surface area contributed by atoms with E-state index in [1.54, 1.807) is 25.1 Å². The molecule has 1 unspecified atom stereocenters. The van der Waals surface area contributed by atoms with Gasteiger partial charge in [-0.15, -0.1) is 0 Å². The summed E-state index contributed by atoms with van der Waals surface area (Å²) >= 11 is 0. The van der Waals surface area contributed by atoms with Crippen molar-refractivity contribution < 1.29 is 9.21 Å². The third-order valence-corrected chi connectivity index (χ3v) is 4.81. The fraction of sp³-hybridized carbons (Fsp3) is 0.125. The zero-order valence-corrected chi connectivity index (χ0v) is 16.3. The molecule has 0 saturated heterocycles. The van der Waals surface area contributed by atoms with E-state index < -0.39 is 0 Å². The Morgan fingerprint density at radius 3 is 2.24 bits per heavy atom. The van der Waals surface area contributed by atoms with Crippen molar-refractivity contribution in [3.63, 3.8) is 0 Å². The van der Waals surface area contributed by atoms with E-state index in [2.05, 4.69) is 9.97 Å². The molecule has 0 aliphatic carbocycles. The normalized spacial score (nSPS) is 11.8. The third kappa shape index (κ3) is 3.80. The van der Waals surface area contributed by atoms with Crippen molar-refractivity contribution in [2.24, 2.45) is 0 Å². The van der Waals surface area contributed by atoms with Gasteiger partial charge in [-0.05, 0) is 36.8 Å². The Morgan fingerprint density at radius 2 is 1.59 bits per heavy atom. The molecule has 0 bridgehead atoms. The minimum atomic E-state index is -0.332. The molecular weight excluding hydrogens is 362 g/mol. The van der Waals surface area contributed by atoms with E-state index >= 15 is 0 Å². The van der Waals surface area contributed by atoms with Gasteiger partial charge in [0.05, 0.1) is 11.7 Å². The predicted octanol–water partition coefficient (Wildman–Crippen LogP) is 4.91. The number of nitrogens with zero attached hydrogens (tertiary/aromatic N) is 3. The van der Waals surface area contributed by atoms with Gasteiger partial charge in [0, 0.05) is 18.8 Å². The van der Waals surface area contributed by atoms with Gasteiger partial charge >= 0.3 is 0 Å². The van der Waals surface area contributed by atoms with E-state index in [-0.39, 0.29) is 11.9 Å². The number of amides is 1. The van der Waals surface area contributed by atoms with Crippen LogP contribution in [0.15, 0.2) is 89.5 Å². The monoisotopic (exact) mass is 383 g/mol. The average Bonchev–Trinajstić information content (AvgIpc) is 3.17. The molecule has 0 aliphatic heterocycles. The van der Waals surface area contributed by atoms with Crippen molar-refractivity contribution in [1.29, 1.82) is 0 Å². The van der Waals surface area contributed by atoms with Crippen molar-refractivity contribution in [3.05, 3.63) is 108 Å². The van der Waals surface area contributed by atoms with Crippen molar-refractivity contribution in [2.75, 3.05) is 7.05 Å². The molecule has 0 saturated carbocycles. The summed E-state index contributed by atoms with van der Waals surface area (Å²) in [6, 6.07) is 24.8. The zero-order valence-electron chi connectivity index (χ0n) is 16.3. The molecule has 0 aliphatic rings. The number of pyridine rings is 1. The van der Waals surface area contributed by atoms with E-state index in [4.69, 9.17) is 4.42 Å². The van der Waals surface area contributed by atoms with Crippen LogP contribution in [0.25, 0.3) is 11.5 Å². The van der Waals surface area contributed by atoms with Gasteiger partial charge in [-0.1, -0.05) is 54.6 Å².